The lowest BCUT2D eigenvalue weighted by molar-refractivity contribution is -0.104. The highest BCUT2D eigenvalue weighted by molar-refractivity contribution is 7.13. The molecule has 0 radical (unpaired) electrons. The normalized spacial score (nSPS) is 9.73. The van der Waals surface area contributed by atoms with Crippen molar-refractivity contribution in [1.29, 1.82) is 5.26 Å². The molecule has 54 valence electrons. The maximum Gasteiger partial charge on any atom is 0.142 e. The molecule has 3 heteroatoms. The molecule has 0 aliphatic heterocycles. The van der Waals surface area contributed by atoms with Crippen LogP contribution in [0.4, 0.5) is 0 Å². The fourth-order valence-corrected chi connectivity index (χ4v) is 1.35. The average Bonchev–Trinajstić information content (AvgIpc) is 2.48. The van der Waals surface area contributed by atoms with Crippen LogP contribution in [0.15, 0.2) is 18.2 Å². The summed E-state index contributed by atoms with van der Waals surface area (Å²) in [5.41, 5.74) is 0. The topological polar surface area (TPSA) is 40.9 Å². The number of nitriles is 1. The highest BCUT2D eigenvalue weighted by atomic mass is 32.1. The molecular formula is C8H5NOS. The van der Waals surface area contributed by atoms with Crippen LogP contribution in [0, 0.1) is 11.3 Å². The number of rotatable bonds is 2. The highest BCUT2D eigenvalue weighted by Gasteiger charge is 1.93. The Labute approximate surface area is 68.4 Å². The lowest BCUT2D eigenvalue weighted by atomic mass is 10.4. The second-order valence-corrected chi connectivity index (χ2v) is 2.92. The molecule has 0 bridgehead atoms. The van der Waals surface area contributed by atoms with Crippen molar-refractivity contribution in [2.24, 2.45) is 0 Å². The minimum Gasteiger partial charge on any atom is -0.299 e. The molecule has 0 aliphatic carbocycles. The molecule has 1 aromatic heterocycles. The molecule has 0 saturated carbocycles. The summed E-state index contributed by atoms with van der Waals surface area (Å²) in [7, 11) is 0. The van der Waals surface area contributed by atoms with Gasteiger partial charge in [-0.1, -0.05) is 0 Å². The molecule has 2 nitrogen and oxygen atoms in total. The van der Waals surface area contributed by atoms with Crippen molar-refractivity contribution < 1.29 is 4.79 Å². The summed E-state index contributed by atoms with van der Waals surface area (Å²) in [4.78, 5) is 11.5. The van der Waals surface area contributed by atoms with Gasteiger partial charge in [-0.15, -0.1) is 11.3 Å². The molecule has 1 aromatic rings. The molecule has 1 heterocycles. The third kappa shape index (κ3) is 2.03. The molecular weight excluding hydrogens is 158 g/mol. The van der Waals surface area contributed by atoms with Crippen molar-refractivity contribution in [2.45, 2.75) is 0 Å². The summed E-state index contributed by atoms with van der Waals surface area (Å²) in [5.74, 6) is 0. The zero-order chi connectivity index (χ0) is 8.10. The Morgan fingerprint density at radius 1 is 1.55 bits per heavy atom. The first-order chi connectivity index (χ1) is 5.36. The van der Waals surface area contributed by atoms with E-state index in [4.69, 9.17) is 5.26 Å². The molecule has 0 aliphatic rings. The third-order valence-electron chi connectivity index (χ3n) is 1.08. The lowest BCUT2D eigenvalue weighted by Crippen LogP contribution is -1.58. The fourth-order valence-electron chi connectivity index (χ4n) is 0.637. The molecule has 0 N–H and O–H groups in total. The monoisotopic (exact) mass is 163 g/mol. The Balaban J connectivity index is 2.82. The predicted octanol–water partition coefficient (Wildman–Crippen LogP) is 1.83. The minimum absolute atomic E-state index is 0.663. The Morgan fingerprint density at radius 2 is 2.36 bits per heavy atom. The zero-order valence-corrected chi connectivity index (χ0v) is 6.47. The molecule has 0 saturated heterocycles. The van der Waals surface area contributed by atoms with E-state index in [0.717, 1.165) is 4.88 Å². The Morgan fingerprint density at radius 3 is 2.91 bits per heavy atom. The first kappa shape index (κ1) is 7.70. The number of hydrogen-bond acceptors (Lipinski definition) is 3. The van der Waals surface area contributed by atoms with Crippen LogP contribution in [0.5, 0.6) is 0 Å². The Bertz CT molecular complexity index is 319. The van der Waals surface area contributed by atoms with Crippen molar-refractivity contribution in [2.75, 3.05) is 0 Å². The van der Waals surface area contributed by atoms with Gasteiger partial charge in [0.1, 0.15) is 17.2 Å². The molecule has 0 unspecified atom stereocenters. The van der Waals surface area contributed by atoms with Gasteiger partial charge in [-0.2, -0.15) is 5.26 Å². The average molecular weight is 163 g/mol. The summed E-state index contributed by atoms with van der Waals surface area (Å²) in [5, 5.41) is 8.44. The van der Waals surface area contributed by atoms with Crippen molar-refractivity contribution in [1.82, 2.24) is 0 Å². The summed E-state index contributed by atoms with van der Waals surface area (Å²) >= 11 is 1.37. The maximum atomic E-state index is 9.91. The highest BCUT2D eigenvalue weighted by Crippen LogP contribution is 2.16. The maximum absolute atomic E-state index is 9.91. The number of hydrogen-bond donors (Lipinski definition) is 0. The van der Waals surface area contributed by atoms with Crippen molar-refractivity contribution >= 4 is 23.7 Å². The number of thiophene rings is 1. The smallest absolute Gasteiger partial charge is 0.142 e. The van der Waals surface area contributed by atoms with Gasteiger partial charge >= 0.3 is 0 Å². The SMILES string of the molecule is N#Cc1ccc(/C=C/C=O)s1. The third-order valence-corrected chi connectivity index (χ3v) is 2.03. The molecule has 11 heavy (non-hydrogen) atoms. The summed E-state index contributed by atoms with van der Waals surface area (Å²) in [6.45, 7) is 0. The van der Waals surface area contributed by atoms with Gasteiger partial charge in [0.2, 0.25) is 0 Å². The van der Waals surface area contributed by atoms with E-state index in [0.29, 0.717) is 11.2 Å². The molecule has 0 fully saturated rings. The number of nitrogens with zero attached hydrogens (tertiary/aromatic N) is 1. The quantitative estimate of drug-likeness (QED) is 0.493. The van der Waals surface area contributed by atoms with Crippen molar-refractivity contribution in [3.8, 4) is 6.07 Å². The minimum atomic E-state index is 0.663. The number of carbonyl (C=O) groups is 1. The van der Waals surface area contributed by atoms with E-state index in [9.17, 15) is 4.79 Å². The van der Waals surface area contributed by atoms with Crippen LogP contribution in [0.25, 0.3) is 6.08 Å². The number of carbonyl (C=O) groups excluding carboxylic acids is 1. The summed E-state index contributed by atoms with van der Waals surface area (Å²) in [6.07, 6.45) is 3.80. The van der Waals surface area contributed by atoms with Crippen LogP contribution in [0.1, 0.15) is 9.75 Å². The van der Waals surface area contributed by atoms with Crippen LogP contribution >= 0.6 is 11.3 Å². The van der Waals surface area contributed by atoms with E-state index in [-0.39, 0.29) is 0 Å². The van der Waals surface area contributed by atoms with Gasteiger partial charge in [0, 0.05) is 4.88 Å². The van der Waals surface area contributed by atoms with Gasteiger partial charge < -0.3 is 0 Å². The van der Waals surface area contributed by atoms with Gasteiger partial charge in [-0.05, 0) is 24.3 Å². The Kier molecular flexibility index (Phi) is 2.59. The molecule has 0 spiro atoms. The van der Waals surface area contributed by atoms with Gasteiger partial charge in [-0.3, -0.25) is 4.79 Å². The Hall–Kier alpha value is -1.40. The van der Waals surface area contributed by atoms with Gasteiger partial charge in [0.15, 0.2) is 0 Å². The fraction of sp³-hybridized carbons (Fsp3) is 0. The second kappa shape index (κ2) is 3.69. The van der Waals surface area contributed by atoms with E-state index in [1.165, 1.54) is 17.4 Å². The van der Waals surface area contributed by atoms with E-state index < -0.39 is 0 Å². The van der Waals surface area contributed by atoms with E-state index >= 15 is 0 Å². The van der Waals surface area contributed by atoms with E-state index in [1.54, 1.807) is 12.1 Å². The molecule has 0 aromatic carbocycles. The van der Waals surface area contributed by atoms with Gasteiger partial charge in [0.25, 0.3) is 0 Å². The second-order valence-electron chi connectivity index (χ2n) is 1.81. The first-order valence-electron chi connectivity index (χ1n) is 2.98. The van der Waals surface area contributed by atoms with Gasteiger partial charge in [0.05, 0.1) is 0 Å². The van der Waals surface area contributed by atoms with Crippen LogP contribution in [-0.2, 0) is 4.79 Å². The van der Waals surface area contributed by atoms with Crippen LogP contribution in [0.3, 0.4) is 0 Å². The molecule has 0 atom stereocenters. The standard InChI is InChI=1S/C8H5NOS/c9-6-8-4-3-7(11-8)2-1-5-10/h1-5H/b2-1+. The lowest BCUT2D eigenvalue weighted by Gasteiger charge is -1.76. The van der Waals surface area contributed by atoms with Crippen molar-refractivity contribution in [3.05, 3.63) is 28.0 Å². The largest absolute Gasteiger partial charge is 0.299 e. The predicted molar refractivity (Wildman–Crippen MR) is 44.1 cm³/mol. The number of aldehydes is 1. The summed E-state index contributed by atoms with van der Waals surface area (Å²) < 4.78 is 0. The van der Waals surface area contributed by atoms with E-state index in [2.05, 4.69) is 0 Å². The summed E-state index contributed by atoms with van der Waals surface area (Å²) in [6, 6.07) is 5.56. The molecule has 0 amide bonds. The first-order valence-corrected chi connectivity index (χ1v) is 3.80. The van der Waals surface area contributed by atoms with E-state index in [1.807, 2.05) is 12.1 Å². The van der Waals surface area contributed by atoms with Gasteiger partial charge in [-0.25, -0.2) is 0 Å². The van der Waals surface area contributed by atoms with Crippen LogP contribution < -0.4 is 0 Å². The number of allylic oxidation sites excluding steroid dienone is 1. The zero-order valence-electron chi connectivity index (χ0n) is 5.65. The van der Waals surface area contributed by atoms with Crippen molar-refractivity contribution in [3.63, 3.8) is 0 Å². The van der Waals surface area contributed by atoms with Crippen LogP contribution in [0.2, 0.25) is 0 Å². The van der Waals surface area contributed by atoms with Crippen LogP contribution in [-0.4, -0.2) is 6.29 Å². The molecule has 1 rings (SSSR count).